The average Bonchev–Trinajstić information content (AvgIpc) is 2.48. The Kier molecular flexibility index (Phi) is 4.97. The second-order valence-electron chi connectivity index (χ2n) is 5.31. The van der Waals surface area contributed by atoms with Crippen molar-refractivity contribution in [3.05, 3.63) is 35.4 Å². The lowest BCUT2D eigenvalue weighted by Gasteiger charge is -2.23. The van der Waals surface area contributed by atoms with Crippen molar-refractivity contribution in [2.24, 2.45) is 0 Å². The molecule has 1 fully saturated rings. The number of benzene rings is 1. The zero-order chi connectivity index (χ0) is 13.7. The molecule has 0 aromatic heterocycles. The highest BCUT2D eigenvalue weighted by atomic mass is 16.1. The van der Waals surface area contributed by atoms with Crippen molar-refractivity contribution < 1.29 is 4.79 Å². The first-order valence-corrected chi connectivity index (χ1v) is 7.30. The van der Waals surface area contributed by atoms with Crippen molar-refractivity contribution in [1.29, 1.82) is 0 Å². The normalized spacial score (nSPS) is 18.0. The van der Waals surface area contributed by atoms with Crippen molar-refractivity contribution in [1.82, 2.24) is 10.6 Å². The molecule has 1 saturated heterocycles. The van der Waals surface area contributed by atoms with Crippen LogP contribution < -0.4 is 10.6 Å². The SMILES string of the molecule is CCNC(=O)C(C)c1ccc(C2CCNCC2)cc1. The molecular formula is C16H24N2O. The van der Waals surface area contributed by atoms with E-state index >= 15 is 0 Å². The first kappa shape index (κ1) is 14.1. The second-order valence-corrected chi connectivity index (χ2v) is 5.31. The minimum Gasteiger partial charge on any atom is -0.356 e. The maximum absolute atomic E-state index is 11.8. The van der Waals surface area contributed by atoms with Crippen LogP contribution in [0.2, 0.25) is 0 Å². The van der Waals surface area contributed by atoms with Gasteiger partial charge >= 0.3 is 0 Å². The van der Waals surface area contributed by atoms with Crippen molar-refractivity contribution in [2.75, 3.05) is 19.6 Å². The summed E-state index contributed by atoms with van der Waals surface area (Å²) in [7, 11) is 0. The van der Waals surface area contributed by atoms with Gasteiger partial charge in [0.15, 0.2) is 0 Å². The van der Waals surface area contributed by atoms with Crippen LogP contribution in [-0.4, -0.2) is 25.5 Å². The maximum Gasteiger partial charge on any atom is 0.227 e. The molecule has 1 aliphatic heterocycles. The molecule has 104 valence electrons. The molecule has 0 radical (unpaired) electrons. The molecule has 19 heavy (non-hydrogen) atoms. The van der Waals surface area contributed by atoms with Crippen molar-refractivity contribution in [3.8, 4) is 0 Å². The molecule has 1 heterocycles. The van der Waals surface area contributed by atoms with E-state index in [4.69, 9.17) is 0 Å². The lowest BCUT2D eigenvalue weighted by molar-refractivity contribution is -0.122. The molecule has 3 heteroatoms. The van der Waals surface area contributed by atoms with Gasteiger partial charge in [-0.05, 0) is 56.8 Å². The van der Waals surface area contributed by atoms with Crippen LogP contribution in [0.15, 0.2) is 24.3 Å². The summed E-state index contributed by atoms with van der Waals surface area (Å²) in [5, 5.41) is 6.26. The Hall–Kier alpha value is -1.35. The van der Waals surface area contributed by atoms with E-state index in [1.807, 2.05) is 13.8 Å². The monoisotopic (exact) mass is 260 g/mol. The molecule has 1 aromatic carbocycles. The van der Waals surface area contributed by atoms with Gasteiger partial charge in [0.1, 0.15) is 0 Å². The number of rotatable bonds is 4. The number of hydrogen-bond donors (Lipinski definition) is 2. The summed E-state index contributed by atoms with van der Waals surface area (Å²) < 4.78 is 0. The standard InChI is InChI=1S/C16H24N2O/c1-3-18-16(19)12(2)13-4-6-14(7-5-13)15-8-10-17-11-9-15/h4-7,12,15,17H,3,8-11H2,1-2H3,(H,18,19). The number of piperidine rings is 1. The van der Waals surface area contributed by atoms with Gasteiger partial charge in [-0.25, -0.2) is 0 Å². The van der Waals surface area contributed by atoms with Crippen molar-refractivity contribution >= 4 is 5.91 Å². The van der Waals surface area contributed by atoms with Crippen LogP contribution in [0.1, 0.15) is 49.7 Å². The number of hydrogen-bond acceptors (Lipinski definition) is 2. The summed E-state index contributed by atoms with van der Waals surface area (Å²) in [5.74, 6) is 0.717. The van der Waals surface area contributed by atoms with E-state index in [1.54, 1.807) is 0 Å². The molecule has 0 aliphatic carbocycles. The maximum atomic E-state index is 11.8. The van der Waals surface area contributed by atoms with E-state index in [2.05, 4.69) is 34.9 Å². The molecule has 1 aliphatic rings. The molecule has 3 nitrogen and oxygen atoms in total. The predicted molar refractivity (Wildman–Crippen MR) is 78.4 cm³/mol. The number of amides is 1. The van der Waals surface area contributed by atoms with Crippen LogP contribution >= 0.6 is 0 Å². The largest absolute Gasteiger partial charge is 0.356 e. The van der Waals surface area contributed by atoms with Gasteiger partial charge in [-0.1, -0.05) is 24.3 Å². The highest BCUT2D eigenvalue weighted by Crippen LogP contribution is 2.26. The molecule has 0 spiro atoms. The zero-order valence-corrected chi connectivity index (χ0v) is 11.9. The average molecular weight is 260 g/mol. The molecule has 0 saturated carbocycles. The molecule has 1 amide bonds. The highest BCUT2D eigenvalue weighted by Gasteiger charge is 2.17. The fourth-order valence-electron chi connectivity index (χ4n) is 2.69. The lowest BCUT2D eigenvalue weighted by atomic mass is 9.88. The summed E-state index contributed by atoms with van der Waals surface area (Å²) in [5.41, 5.74) is 2.51. The van der Waals surface area contributed by atoms with Gasteiger partial charge in [0.2, 0.25) is 5.91 Å². The van der Waals surface area contributed by atoms with Gasteiger partial charge in [0.25, 0.3) is 0 Å². The molecule has 1 aromatic rings. The van der Waals surface area contributed by atoms with Crippen molar-refractivity contribution in [2.45, 2.75) is 38.5 Å². The smallest absolute Gasteiger partial charge is 0.227 e. The van der Waals surface area contributed by atoms with E-state index in [0.717, 1.165) is 18.7 Å². The molecule has 2 rings (SSSR count). The molecule has 1 atom stereocenters. The lowest BCUT2D eigenvalue weighted by Crippen LogP contribution is -2.27. The van der Waals surface area contributed by atoms with Gasteiger partial charge in [0, 0.05) is 6.54 Å². The Morgan fingerprint density at radius 2 is 1.95 bits per heavy atom. The Morgan fingerprint density at radius 3 is 2.53 bits per heavy atom. The Morgan fingerprint density at radius 1 is 1.32 bits per heavy atom. The summed E-state index contributed by atoms with van der Waals surface area (Å²) in [4.78, 5) is 11.8. The van der Waals surface area contributed by atoms with Gasteiger partial charge in [-0.2, -0.15) is 0 Å². The van der Waals surface area contributed by atoms with E-state index in [9.17, 15) is 4.79 Å². The summed E-state index contributed by atoms with van der Waals surface area (Å²) in [6.07, 6.45) is 2.43. The topological polar surface area (TPSA) is 41.1 Å². The van der Waals surface area contributed by atoms with E-state index in [0.29, 0.717) is 12.5 Å². The van der Waals surface area contributed by atoms with Crippen LogP contribution in [0.4, 0.5) is 0 Å². The third kappa shape index (κ3) is 3.57. The summed E-state index contributed by atoms with van der Waals surface area (Å²) >= 11 is 0. The van der Waals surface area contributed by atoms with Gasteiger partial charge in [0.05, 0.1) is 5.92 Å². The molecule has 2 N–H and O–H groups in total. The molecular weight excluding hydrogens is 236 g/mol. The second kappa shape index (κ2) is 6.71. The Bertz CT molecular complexity index is 407. The van der Waals surface area contributed by atoms with Crippen LogP contribution in [0.5, 0.6) is 0 Å². The van der Waals surface area contributed by atoms with E-state index < -0.39 is 0 Å². The third-order valence-corrected chi connectivity index (χ3v) is 3.99. The van der Waals surface area contributed by atoms with Gasteiger partial charge in [-0.15, -0.1) is 0 Å². The number of carbonyl (C=O) groups excluding carboxylic acids is 1. The third-order valence-electron chi connectivity index (χ3n) is 3.99. The van der Waals surface area contributed by atoms with Crippen LogP contribution in [0, 0.1) is 0 Å². The van der Waals surface area contributed by atoms with Gasteiger partial charge in [-0.3, -0.25) is 4.79 Å². The fourth-order valence-corrected chi connectivity index (χ4v) is 2.69. The number of likely N-dealkylation sites (N-methyl/N-ethyl adjacent to an activating group) is 1. The minimum atomic E-state index is -0.0676. The molecule has 0 bridgehead atoms. The first-order chi connectivity index (χ1) is 9.22. The zero-order valence-electron chi connectivity index (χ0n) is 11.9. The minimum absolute atomic E-state index is 0.0676. The van der Waals surface area contributed by atoms with Crippen LogP contribution in [0.3, 0.4) is 0 Å². The fraction of sp³-hybridized carbons (Fsp3) is 0.562. The van der Waals surface area contributed by atoms with Crippen LogP contribution in [-0.2, 0) is 4.79 Å². The first-order valence-electron chi connectivity index (χ1n) is 7.30. The predicted octanol–water partition coefficient (Wildman–Crippen LogP) is 2.39. The Balaban J connectivity index is 2.03. The van der Waals surface area contributed by atoms with E-state index in [1.165, 1.54) is 18.4 Å². The highest BCUT2D eigenvalue weighted by molar-refractivity contribution is 5.83. The number of carbonyl (C=O) groups is 1. The summed E-state index contributed by atoms with van der Waals surface area (Å²) in [6, 6.07) is 8.61. The quantitative estimate of drug-likeness (QED) is 0.873. The van der Waals surface area contributed by atoms with Crippen molar-refractivity contribution in [3.63, 3.8) is 0 Å². The van der Waals surface area contributed by atoms with E-state index in [-0.39, 0.29) is 11.8 Å². The molecule has 1 unspecified atom stereocenters. The summed E-state index contributed by atoms with van der Waals surface area (Å²) in [6.45, 7) is 6.83. The number of nitrogens with one attached hydrogen (secondary N) is 2. The van der Waals surface area contributed by atoms with Gasteiger partial charge < -0.3 is 10.6 Å². The Labute approximate surface area is 115 Å². The van der Waals surface area contributed by atoms with Crippen LogP contribution in [0.25, 0.3) is 0 Å².